The number of piperazine rings is 1. The molecular formula is C32H38N4O4S. The molecule has 8 nitrogen and oxygen atoms in total. The minimum atomic E-state index is -0.634. The Bertz CT molecular complexity index is 1410. The first-order valence-corrected chi connectivity index (χ1v) is 15.3. The molecule has 1 saturated carbocycles. The number of rotatable bonds is 8. The molecule has 1 aliphatic heterocycles. The first kappa shape index (κ1) is 28.8. The van der Waals surface area contributed by atoms with E-state index >= 15 is 0 Å². The molecule has 41 heavy (non-hydrogen) atoms. The van der Waals surface area contributed by atoms with Crippen molar-refractivity contribution in [3.8, 4) is 0 Å². The van der Waals surface area contributed by atoms with Gasteiger partial charge in [0.05, 0.1) is 13.0 Å². The van der Waals surface area contributed by atoms with Gasteiger partial charge in [-0.05, 0) is 55.2 Å². The number of amides is 4. The predicted molar refractivity (Wildman–Crippen MR) is 160 cm³/mol. The zero-order chi connectivity index (χ0) is 28.9. The lowest BCUT2D eigenvalue weighted by Crippen LogP contribution is -2.61. The van der Waals surface area contributed by atoms with Gasteiger partial charge in [0.25, 0.3) is 0 Å². The Morgan fingerprint density at radius 3 is 2.34 bits per heavy atom. The smallest absolute Gasteiger partial charge is 0.246 e. The molecule has 1 aromatic heterocycles. The fourth-order valence-electron chi connectivity index (χ4n) is 6.08. The summed E-state index contributed by atoms with van der Waals surface area (Å²) in [6.07, 6.45) is 3.61. The van der Waals surface area contributed by atoms with Gasteiger partial charge in [-0.1, -0.05) is 48.5 Å². The largest absolute Gasteiger partial charge is 0.358 e. The first-order chi connectivity index (χ1) is 19.8. The summed E-state index contributed by atoms with van der Waals surface area (Å²) in [7, 11) is 1.55. The van der Waals surface area contributed by atoms with E-state index in [1.807, 2.05) is 42.5 Å². The molecule has 4 amide bonds. The van der Waals surface area contributed by atoms with Gasteiger partial charge in [-0.3, -0.25) is 19.2 Å². The van der Waals surface area contributed by atoms with Crippen LogP contribution >= 0.6 is 11.3 Å². The van der Waals surface area contributed by atoms with Gasteiger partial charge in [-0.25, -0.2) is 0 Å². The quantitative estimate of drug-likeness (QED) is 0.431. The molecule has 1 atom stereocenters. The molecule has 2 heterocycles. The fraction of sp³-hybridized carbons (Fsp3) is 0.438. The molecule has 216 valence electrons. The van der Waals surface area contributed by atoms with Gasteiger partial charge in [0, 0.05) is 48.1 Å². The minimum absolute atomic E-state index is 0.00421. The molecule has 0 unspecified atom stereocenters. The Morgan fingerprint density at radius 2 is 1.63 bits per heavy atom. The number of hydrogen-bond donors (Lipinski definition) is 2. The fourth-order valence-corrected chi connectivity index (χ4v) is 7.29. The van der Waals surface area contributed by atoms with Crippen LogP contribution in [0.4, 0.5) is 0 Å². The van der Waals surface area contributed by atoms with Crippen molar-refractivity contribution in [2.45, 2.75) is 57.5 Å². The van der Waals surface area contributed by atoms with Gasteiger partial charge in [-0.2, -0.15) is 0 Å². The Morgan fingerprint density at radius 1 is 0.927 bits per heavy atom. The van der Waals surface area contributed by atoms with E-state index in [9.17, 15) is 19.2 Å². The molecule has 2 aromatic carbocycles. The number of likely N-dealkylation sites (N-methyl/N-ethyl adjacent to an activating group) is 1. The topological polar surface area (TPSA) is 98.8 Å². The van der Waals surface area contributed by atoms with E-state index in [1.165, 1.54) is 15.6 Å². The van der Waals surface area contributed by atoms with Crippen molar-refractivity contribution in [2.24, 2.45) is 5.92 Å². The van der Waals surface area contributed by atoms with Gasteiger partial charge < -0.3 is 20.4 Å². The van der Waals surface area contributed by atoms with E-state index in [-0.39, 0.29) is 42.1 Å². The third-order valence-corrected chi connectivity index (χ3v) is 9.73. The van der Waals surface area contributed by atoms with E-state index in [0.717, 1.165) is 23.3 Å². The molecule has 3 aromatic rings. The normalized spacial score (nSPS) is 21.1. The van der Waals surface area contributed by atoms with Crippen LogP contribution in [0.2, 0.25) is 0 Å². The average Bonchev–Trinajstić information content (AvgIpc) is 3.30. The SMILES string of the molecule is CNC(=O)CN1CCN(C(=O)C2CCC(NC(=O)Cc3sc4ccccc4c3C)CC2)[C@@H](Cc2ccccc2)C1=O. The van der Waals surface area contributed by atoms with Gasteiger partial charge in [0.1, 0.15) is 6.04 Å². The number of fused-ring (bicyclic) bond motifs is 1. The van der Waals surface area contributed by atoms with Crippen LogP contribution in [0.15, 0.2) is 54.6 Å². The molecule has 2 aliphatic rings. The second kappa shape index (κ2) is 12.9. The summed E-state index contributed by atoms with van der Waals surface area (Å²) in [4.78, 5) is 56.6. The molecule has 1 saturated heterocycles. The lowest BCUT2D eigenvalue weighted by atomic mass is 9.84. The summed E-state index contributed by atoms with van der Waals surface area (Å²) >= 11 is 1.68. The summed E-state index contributed by atoms with van der Waals surface area (Å²) in [5.41, 5.74) is 2.15. The number of nitrogens with zero attached hydrogens (tertiary/aromatic N) is 2. The number of aryl methyl sites for hydroxylation is 1. The maximum Gasteiger partial charge on any atom is 0.246 e. The van der Waals surface area contributed by atoms with Crippen molar-refractivity contribution in [2.75, 3.05) is 26.7 Å². The van der Waals surface area contributed by atoms with Gasteiger partial charge in [-0.15, -0.1) is 11.3 Å². The van der Waals surface area contributed by atoms with E-state index in [4.69, 9.17) is 0 Å². The Kier molecular flexibility index (Phi) is 9.03. The molecular weight excluding hydrogens is 536 g/mol. The third kappa shape index (κ3) is 6.62. The molecule has 9 heteroatoms. The van der Waals surface area contributed by atoms with Crippen LogP contribution in [0.25, 0.3) is 10.1 Å². The standard InChI is InChI=1S/C32H38N4O4S/c1-21-25-10-6-7-11-27(25)41-28(21)19-29(37)34-24-14-12-23(13-15-24)31(39)36-17-16-35(20-30(38)33-2)32(40)26(36)18-22-8-4-3-5-9-22/h3-11,23-24,26H,12-20H2,1-2H3,(H,33,38)(H,34,37)/t23?,24?,26-/m0/s1. The second-order valence-electron chi connectivity index (χ2n) is 11.1. The maximum atomic E-state index is 13.8. The maximum absolute atomic E-state index is 13.8. The van der Waals surface area contributed by atoms with E-state index < -0.39 is 6.04 Å². The van der Waals surface area contributed by atoms with Crippen LogP contribution < -0.4 is 10.6 Å². The summed E-state index contributed by atoms with van der Waals surface area (Å²) in [6.45, 7) is 2.82. The van der Waals surface area contributed by atoms with Crippen molar-refractivity contribution in [3.05, 3.63) is 70.6 Å². The van der Waals surface area contributed by atoms with Crippen LogP contribution in [-0.2, 0) is 32.0 Å². The monoisotopic (exact) mass is 574 g/mol. The lowest BCUT2D eigenvalue weighted by molar-refractivity contribution is -0.155. The van der Waals surface area contributed by atoms with Crippen LogP contribution in [0.1, 0.15) is 41.7 Å². The zero-order valence-corrected chi connectivity index (χ0v) is 24.5. The van der Waals surface area contributed by atoms with Crippen LogP contribution in [0.5, 0.6) is 0 Å². The number of carbonyl (C=O) groups excluding carboxylic acids is 4. The molecule has 2 N–H and O–H groups in total. The summed E-state index contributed by atoms with van der Waals surface area (Å²) in [5.74, 6) is -0.557. The molecule has 2 fully saturated rings. The number of nitrogens with one attached hydrogen (secondary N) is 2. The summed E-state index contributed by atoms with van der Waals surface area (Å²) < 4.78 is 1.20. The van der Waals surface area contributed by atoms with Gasteiger partial charge in [0.15, 0.2) is 0 Å². The molecule has 5 rings (SSSR count). The number of thiophene rings is 1. The summed E-state index contributed by atoms with van der Waals surface area (Å²) in [5, 5.41) is 6.99. The third-order valence-electron chi connectivity index (χ3n) is 8.46. The van der Waals surface area contributed by atoms with Crippen LogP contribution in [0, 0.1) is 12.8 Å². The van der Waals surface area contributed by atoms with Crippen molar-refractivity contribution in [1.82, 2.24) is 20.4 Å². The molecule has 0 radical (unpaired) electrons. The van der Waals surface area contributed by atoms with E-state index in [1.54, 1.807) is 28.2 Å². The van der Waals surface area contributed by atoms with E-state index in [0.29, 0.717) is 38.8 Å². The number of carbonyl (C=O) groups is 4. The average molecular weight is 575 g/mol. The van der Waals surface area contributed by atoms with Crippen LogP contribution in [-0.4, -0.2) is 72.2 Å². The second-order valence-corrected chi connectivity index (χ2v) is 12.2. The van der Waals surface area contributed by atoms with Crippen LogP contribution in [0.3, 0.4) is 0 Å². The van der Waals surface area contributed by atoms with Crippen molar-refractivity contribution >= 4 is 45.1 Å². The lowest BCUT2D eigenvalue weighted by Gasteiger charge is -2.42. The van der Waals surface area contributed by atoms with Gasteiger partial charge >= 0.3 is 0 Å². The van der Waals surface area contributed by atoms with Gasteiger partial charge in [0.2, 0.25) is 23.6 Å². The highest BCUT2D eigenvalue weighted by Gasteiger charge is 2.41. The predicted octanol–water partition coefficient (Wildman–Crippen LogP) is 3.46. The highest BCUT2D eigenvalue weighted by Crippen LogP contribution is 2.32. The first-order valence-electron chi connectivity index (χ1n) is 14.4. The summed E-state index contributed by atoms with van der Waals surface area (Å²) in [6, 6.07) is 17.3. The van der Waals surface area contributed by atoms with E-state index in [2.05, 4.69) is 29.7 Å². The number of hydrogen-bond acceptors (Lipinski definition) is 5. The Balaban J connectivity index is 1.19. The molecule has 0 bridgehead atoms. The Hall–Kier alpha value is -3.72. The number of benzene rings is 2. The molecule has 0 spiro atoms. The molecule has 1 aliphatic carbocycles. The zero-order valence-electron chi connectivity index (χ0n) is 23.7. The van der Waals surface area contributed by atoms with Crippen molar-refractivity contribution < 1.29 is 19.2 Å². The highest BCUT2D eigenvalue weighted by molar-refractivity contribution is 7.19. The minimum Gasteiger partial charge on any atom is -0.358 e. The highest BCUT2D eigenvalue weighted by atomic mass is 32.1. The van der Waals surface area contributed by atoms with Crippen molar-refractivity contribution in [3.63, 3.8) is 0 Å². The Labute approximate surface area is 245 Å². The van der Waals surface area contributed by atoms with Crippen molar-refractivity contribution in [1.29, 1.82) is 0 Å².